The molecule has 5 heteroatoms. The van der Waals surface area contributed by atoms with Crippen LogP contribution in [0.4, 0.5) is 0 Å². The van der Waals surface area contributed by atoms with E-state index < -0.39 is 9.84 Å². The Bertz CT molecular complexity index is 299. The maximum atomic E-state index is 11.2. The van der Waals surface area contributed by atoms with Crippen molar-refractivity contribution in [3.8, 4) is 0 Å². The zero-order chi connectivity index (χ0) is 10.7. The molecule has 2 aliphatic rings. The lowest BCUT2D eigenvalue weighted by Crippen LogP contribution is -2.32. The Morgan fingerprint density at radius 2 is 1.93 bits per heavy atom. The van der Waals surface area contributed by atoms with Crippen LogP contribution in [0.15, 0.2) is 0 Å². The van der Waals surface area contributed by atoms with Crippen molar-refractivity contribution in [3.63, 3.8) is 0 Å². The first-order valence-corrected chi connectivity index (χ1v) is 7.62. The Kier molecular flexibility index (Phi) is 3.64. The number of sulfone groups is 1. The fourth-order valence-corrected chi connectivity index (χ4v) is 3.85. The molecule has 1 unspecified atom stereocenters. The van der Waals surface area contributed by atoms with Gasteiger partial charge in [0.1, 0.15) is 0 Å². The lowest BCUT2D eigenvalue weighted by molar-refractivity contribution is 0.510. The van der Waals surface area contributed by atoms with Gasteiger partial charge >= 0.3 is 0 Å². The molecular formula is C10H20N2O2S. The smallest absolute Gasteiger partial charge is 0.150 e. The molecule has 4 nitrogen and oxygen atoms in total. The van der Waals surface area contributed by atoms with Gasteiger partial charge in [-0.05, 0) is 31.7 Å². The lowest BCUT2D eigenvalue weighted by atomic mass is 10.1. The molecular weight excluding hydrogens is 212 g/mol. The molecule has 1 saturated heterocycles. The van der Waals surface area contributed by atoms with Gasteiger partial charge in [0.05, 0.1) is 11.5 Å². The van der Waals surface area contributed by atoms with E-state index in [1.54, 1.807) is 0 Å². The van der Waals surface area contributed by atoms with Gasteiger partial charge in [-0.15, -0.1) is 0 Å². The van der Waals surface area contributed by atoms with E-state index in [2.05, 4.69) is 10.6 Å². The largest absolute Gasteiger partial charge is 0.315 e. The van der Waals surface area contributed by atoms with E-state index in [9.17, 15) is 8.42 Å². The monoisotopic (exact) mass is 232 g/mol. The minimum Gasteiger partial charge on any atom is -0.315 e. The van der Waals surface area contributed by atoms with Gasteiger partial charge in [-0.2, -0.15) is 0 Å². The van der Waals surface area contributed by atoms with Crippen molar-refractivity contribution in [1.82, 2.24) is 10.6 Å². The summed E-state index contributed by atoms with van der Waals surface area (Å²) >= 11 is 0. The average Bonchev–Trinajstić information content (AvgIpc) is 2.91. The van der Waals surface area contributed by atoms with E-state index in [1.807, 2.05) is 0 Å². The summed E-state index contributed by atoms with van der Waals surface area (Å²) in [7, 11) is -2.70. The van der Waals surface area contributed by atoms with E-state index in [0.29, 0.717) is 17.4 Å². The summed E-state index contributed by atoms with van der Waals surface area (Å²) in [4.78, 5) is 0. The highest BCUT2D eigenvalue weighted by Crippen LogP contribution is 2.18. The van der Waals surface area contributed by atoms with Crippen molar-refractivity contribution < 1.29 is 8.42 Å². The summed E-state index contributed by atoms with van der Waals surface area (Å²) in [6.45, 7) is 2.81. The van der Waals surface area contributed by atoms with Crippen molar-refractivity contribution in [2.45, 2.75) is 25.3 Å². The molecule has 1 saturated carbocycles. The topological polar surface area (TPSA) is 58.2 Å². The summed E-state index contributed by atoms with van der Waals surface area (Å²) in [6.07, 6.45) is 3.48. The Balaban J connectivity index is 1.50. The summed E-state index contributed by atoms with van der Waals surface area (Å²) in [5, 5.41) is 6.74. The van der Waals surface area contributed by atoms with Crippen molar-refractivity contribution >= 4 is 9.84 Å². The molecule has 1 aliphatic heterocycles. The van der Waals surface area contributed by atoms with Gasteiger partial charge < -0.3 is 10.6 Å². The molecule has 1 heterocycles. The van der Waals surface area contributed by atoms with Gasteiger partial charge in [0, 0.05) is 19.1 Å². The van der Waals surface area contributed by atoms with Crippen LogP contribution in [-0.4, -0.2) is 45.6 Å². The third kappa shape index (κ3) is 4.09. The maximum absolute atomic E-state index is 11.2. The van der Waals surface area contributed by atoms with Gasteiger partial charge in [-0.25, -0.2) is 8.42 Å². The first kappa shape index (κ1) is 11.4. The highest BCUT2D eigenvalue weighted by molar-refractivity contribution is 7.91. The second-order valence-corrected chi connectivity index (χ2v) is 6.93. The van der Waals surface area contributed by atoms with E-state index in [-0.39, 0.29) is 0 Å². The van der Waals surface area contributed by atoms with Crippen LogP contribution in [0.5, 0.6) is 0 Å². The molecule has 0 spiro atoms. The summed E-state index contributed by atoms with van der Waals surface area (Å²) in [5.74, 6) is 1.12. The molecule has 0 bridgehead atoms. The lowest BCUT2D eigenvalue weighted by Gasteiger charge is -2.09. The molecule has 0 radical (unpaired) electrons. The van der Waals surface area contributed by atoms with Crippen LogP contribution in [0.25, 0.3) is 0 Å². The zero-order valence-electron chi connectivity index (χ0n) is 9.04. The third-order valence-corrected chi connectivity index (χ3v) is 4.91. The molecule has 0 aromatic heterocycles. The van der Waals surface area contributed by atoms with Crippen LogP contribution in [0.1, 0.15) is 19.3 Å². The van der Waals surface area contributed by atoms with Crippen LogP contribution in [0.3, 0.4) is 0 Å². The highest BCUT2D eigenvalue weighted by atomic mass is 32.2. The molecule has 0 aromatic rings. The molecule has 1 aliphatic carbocycles. The van der Waals surface area contributed by atoms with Crippen molar-refractivity contribution in [2.75, 3.05) is 31.1 Å². The predicted octanol–water partition coefficient (Wildman–Crippen LogP) is -0.237. The van der Waals surface area contributed by atoms with Crippen LogP contribution in [0.2, 0.25) is 0 Å². The van der Waals surface area contributed by atoms with Crippen molar-refractivity contribution in [3.05, 3.63) is 0 Å². The van der Waals surface area contributed by atoms with E-state index >= 15 is 0 Å². The minimum atomic E-state index is -2.70. The van der Waals surface area contributed by atoms with Crippen LogP contribution < -0.4 is 10.6 Å². The summed E-state index contributed by atoms with van der Waals surface area (Å²) < 4.78 is 22.4. The fraction of sp³-hybridized carbons (Fsp3) is 1.00. The number of hydrogen-bond acceptors (Lipinski definition) is 4. The maximum Gasteiger partial charge on any atom is 0.150 e. The van der Waals surface area contributed by atoms with Crippen LogP contribution in [-0.2, 0) is 9.84 Å². The quantitative estimate of drug-likeness (QED) is 0.621. The molecule has 1 atom stereocenters. The van der Waals surface area contributed by atoms with Gasteiger partial charge in [0.2, 0.25) is 0 Å². The minimum absolute atomic E-state index is 0.343. The third-order valence-electron chi connectivity index (χ3n) is 3.07. The molecule has 0 amide bonds. The number of nitrogens with one attached hydrogen (secondary N) is 2. The molecule has 2 rings (SSSR count). The van der Waals surface area contributed by atoms with Gasteiger partial charge in [-0.3, -0.25) is 0 Å². The Morgan fingerprint density at radius 1 is 1.13 bits per heavy atom. The molecule has 2 fully saturated rings. The number of hydrogen-bond donors (Lipinski definition) is 2. The first-order valence-electron chi connectivity index (χ1n) is 5.80. The second kappa shape index (κ2) is 4.80. The van der Waals surface area contributed by atoms with Gasteiger partial charge in [0.25, 0.3) is 0 Å². The summed E-state index contributed by atoms with van der Waals surface area (Å²) in [6, 6.07) is 0.763. The van der Waals surface area contributed by atoms with Crippen LogP contribution in [0, 0.1) is 5.92 Å². The van der Waals surface area contributed by atoms with Crippen molar-refractivity contribution in [1.29, 1.82) is 0 Å². The van der Waals surface area contributed by atoms with Gasteiger partial charge in [-0.1, -0.05) is 0 Å². The molecule has 88 valence electrons. The Labute approximate surface area is 91.7 Å². The van der Waals surface area contributed by atoms with Crippen LogP contribution >= 0.6 is 0 Å². The predicted molar refractivity (Wildman–Crippen MR) is 60.7 cm³/mol. The fourth-order valence-electron chi connectivity index (χ4n) is 1.99. The Morgan fingerprint density at radius 3 is 2.53 bits per heavy atom. The van der Waals surface area contributed by atoms with Gasteiger partial charge in [0.15, 0.2) is 9.84 Å². The molecule has 15 heavy (non-hydrogen) atoms. The highest BCUT2D eigenvalue weighted by Gasteiger charge is 2.27. The Hall–Kier alpha value is -0.130. The molecule has 0 aromatic carbocycles. The average molecular weight is 232 g/mol. The normalized spacial score (nSPS) is 29.5. The SMILES string of the molecule is O=S1(=O)CCC(CNCCNC2CC2)C1. The number of rotatable bonds is 6. The first-order chi connectivity index (χ1) is 7.16. The zero-order valence-corrected chi connectivity index (χ0v) is 9.85. The standard InChI is InChI=1S/C10H20N2O2S/c13-15(14)6-3-9(8-15)7-11-4-5-12-10-1-2-10/h9-12H,1-8H2. The molecule has 2 N–H and O–H groups in total. The van der Waals surface area contributed by atoms with Crippen molar-refractivity contribution in [2.24, 2.45) is 5.92 Å². The second-order valence-electron chi connectivity index (χ2n) is 4.70. The van der Waals surface area contributed by atoms with E-state index in [0.717, 1.165) is 32.1 Å². The van der Waals surface area contributed by atoms with E-state index in [1.165, 1.54) is 12.8 Å². The summed E-state index contributed by atoms with van der Waals surface area (Å²) in [5.41, 5.74) is 0. The van der Waals surface area contributed by atoms with E-state index in [4.69, 9.17) is 0 Å².